The number of amides is 1. The summed E-state index contributed by atoms with van der Waals surface area (Å²) >= 11 is 0. The highest BCUT2D eigenvalue weighted by Gasteiger charge is 2.68. The predicted octanol–water partition coefficient (Wildman–Crippen LogP) is 4.81. The van der Waals surface area contributed by atoms with Crippen LogP contribution in [0.25, 0.3) is 6.08 Å². The number of aromatic nitrogens is 1. The van der Waals surface area contributed by atoms with E-state index in [-0.39, 0.29) is 38.3 Å². The number of nitrogens with zero attached hydrogens (tertiary/aromatic N) is 3. The minimum atomic E-state index is -5.58. The highest BCUT2D eigenvalue weighted by Crippen LogP contribution is 2.63. The first-order chi connectivity index (χ1) is 34.3. The molecule has 0 aromatic carbocycles. The summed E-state index contributed by atoms with van der Waals surface area (Å²) in [7, 11) is -4.99. The second kappa shape index (κ2) is 28.4. The fourth-order valence-corrected chi connectivity index (χ4v) is 11.0. The van der Waals surface area contributed by atoms with Gasteiger partial charge in [0, 0.05) is 68.8 Å². The van der Waals surface area contributed by atoms with Crippen molar-refractivity contribution in [3.63, 3.8) is 0 Å². The third-order valence-electron chi connectivity index (χ3n) is 14.2. The van der Waals surface area contributed by atoms with Crippen molar-refractivity contribution >= 4 is 27.6 Å². The Labute approximate surface area is 435 Å². The topological polar surface area (TPSA) is 334 Å². The molecule has 2 aliphatic rings. The zero-order chi connectivity index (χ0) is 56.1. The number of ether oxygens (including phenoxy) is 4. The van der Waals surface area contributed by atoms with E-state index in [0.29, 0.717) is 18.0 Å². The number of carbonyl (C=O) groups excluding carboxylic acids is 1. The summed E-state index contributed by atoms with van der Waals surface area (Å²) < 4.78 is 65.0. The third-order valence-corrected chi connectivity index (χ3v) is 16.4. The molecule has 16 unspecified atom stereocenters. The molecule has 1 amide bonds. The summed E-state index contributed by atoms with van der Waals surface area (Å²) in [5, 5.41) is 67.3. The molecule has 16 atom stereocenters. The molecule has 74 heavy (non-hydrogen) atoms. The molecule has 1 aromatic heterocycles. The summed E-state index contributed by atoms with van der Waals surface area (Å²) in [4.78, 5) is 48.6. The molecule has 0 radical (unpaired) electrons. The number of nitrogens with one attached hydrogen (secondary N) is 1. The van der Waals surface area contributed by atoms with Gasteiger partial charge in [-0.25, -0.2) is 14.1 Å². The lowest BCUT2D eigenvalue weighted by Gasteiger charge is -2.50. The number of hydrogen-bond donors (Lipinski definition) is 9. The summed E-state index contributed by atoms with van der Waals surface area (Å²) in [6.07, 6.45) is 2.46. The van der Waals surface area contributed by atoms with E-state index in [1.165, 1.54) is 26.6 Å². The van der Waals surface area contributed by atoms with E-state index in [9.17, 15) is 54.1 Å². The number of aliphatic hydroxyl groups is 5. The van der Waals surface area contributed by atoms with Gasteiger partial charge in [-0.2, -0.15) is 9.57 Å². The smallest absolute Gasteiger partial charge is 0.448 e. The van der Waals surface area contributed by atoms with Crippen molar-refractivity contribution in [2.75, 3.05) is 41.5 Å². The molecular weight excluding hydrogens is 1010 g/mol. The molecule has 2 aliphatic heterocycles. The minimum Gasteiger partial charge on any atom is -0.448 e. The highest BCUT2D eigenvalue weighted by atomic mass is 31.3. The number of hydrogen-bond acceptors (Lipinski definition) is 18. The van der Waals surface area contributed by atoms with Crippen LogP contribution in [0.4, 0.5) is 0 Å². The van der Waals surface area contributed by atoms with Crippen molar-refractivity contribution in [2.45, 2.75) is 161 Å². The number of phosphoric acid groups is 2. The Hall–Kier alpha value is -3.27. The van der Waals surface area contributed by atoms with Gasteiger partial charge in [-0.1, -0.05) is 77.5 Å². The number of nitriles is 1. The highest BCUT2D eigenvalue weighted by molar-refractivity contribution is 7.60. The Morgan fingerprint density at radius 3 is 2.31 bits per heavy atom. The Morgan fingerprint density at radius 1 is 1.05 bits per heavy atom. The molecule has 420 valence electrons. The number of allylic oxidation sites excluding steroid dienone is 7. The summed E-state index contributed by atoms with van der Waals surface area (Å²) in [6, 6.07) is 1.37. The van der Waals surface area contributed by atoms with E-state index >= 15 is 0 Å². The van der Waals surface area contributed by atoms with Crippen LogP contribution in [-0.2, 0) is 41.7 Å². The lowest BCUT2D eigenvalue weighted by Crippen LogP contribution is -2.58. The fourth-order valence-electron chi connectivity index (χ4n) is 9.11. The normalized spacial score (nSPS) is 27.6. The number of likely N-dealkylation sites (N-methyl/N-ethyl adjacent to an activating group) is 1. The number of rotatable bonds is 28. The van der Waals surface area contributed by atoms with Gasteiger partial charge < -0.3 is 73.8 Å². The molecule has 1 spiro atoms. The van der Waals surface area contributed by atoms with Crippen LogP contribution in [0.15, 0.2) is 63.9 Å². The van der Waals surface area contributed by atoms with Crippen LogP contribution >= 0.6 is 15.6 Å². The van der Waals surface area contributed by atoms with Crippen molar-refractivity contribution in [3.8, 4) is 6.07 Å². The van der Waals surface area contributed by atoms with E-state index in [1.54, 1.807) is 78.8 Å². The maximum absolute atomic E-state index is 13.3. The summed E-state index contributed by atoms with van der Waals surface area (Å²) in [5.41, 5.74) is 1.52. The maximum Gasteiger partial charge on any atom is 0.481 e. The molecule has 2 fully saturated rings. The van der Waals surface area contributed by atoms with Gasteiger partial charge in [0.1, 0.15) is 30.3 Å². The molecule has 9 N–H and O–H groups in total. The number of oxazole rings is 1. The Bertz CT molecular complexity index is 2270. The lowest BCUT2D eigenvalue weighted by molar-refractivity contribution is -0.334. The lowest BCUT2D eigenvalue weighted by atomic mass is 9.72. The SMILES string of the molecule is COCC(C(O)C(O)C(=O)NCCC(C)c1nc(C=CCC2OC3(CC(O)C2C)OC(C(CC(O)C(C)C(O)C(C)C=C(C)C(C)=CC=CC(C)=CC#N)OC)C(OP(=O)(O)OP(=O)(O)O)C3(C)C)co1)N(C)C. The molecule has 0 saturated carbocycles. The second-order valence-corrected chi connectivity index (χ2v) is 23.2. The molecule has 24 heteroatoms. The molecule has 0 bridgehead atoms. The van der Waals surface area contributed by atoms with E-state index < -0.39 is 111 Å². The third kappa shape index (κ3) is 17.9. The minimum absolute atomic E-state index is 0.103. The van der Waals surface area contributed by atoms with Crippen molar-refractivity contribution in [3.05, 3.63) is 71.0 Å². The van der Waals surface area contributed by atoms with Gasteiger partial charge in [-0.05, 0) is 64.9 Å². The monoisotopic (exact) mass is 1090 g/mol. The first kappa shape index (κ1) is 65.0. The first-order valence-electron chi connectivity index (χ1n) is 24.6. The van der Waals surface area contributed by atoms with Gasteiger partial charge in [-0.3, -0.25) is 9.32 Å². The number of aliphatic hydroxyl groups excluding tert-OH is 5. The molecule has 1 aromatic rings. The quantitative estimate of drug-likeness (QED) is 0.0309. The second-order valence-electron chi connectivity index (χ2n) is 20.4. The van der Waals surface area contributed by atoms with Crippen molar-refractivity contribution in [1.82, 2.24) is 15.2 Å². The van der Waals surface area contributed by atoms with Crippen molar-refractivity contribution in [1.29, 1.82) is 5.26 Å². The Kier molecular flexibility index (Phi) is 24.9. The molecule has 2 saturated heterocycles. The zero-order valence-corrected chi connectivity index (χ0v) is 46.6. The van der Waals surface area contributed by atoms with Gasteiger partial charge in [-0.15, -0.1) is 0 Å². The largest absolute Gasteiger partial charge is 0.481 e. The number of methoxy groups -OCH3 is 2. The van der Waals surface area contributed by atoms with Crippen molar-refractivity contribution in [2.24, 2.45) is 23.2 Å². The van der Waals surface area contributed by atoms with E-state index in [0.717, 1.165) is 16.7 Å². The predicted molar refractivity (Wildman–Crippen MR) is 273 cm³/mol. The summed E-state index contributed by atoms with van der Waals surface area (Å²) in [5.74, 6) is -4.13. The zero-order valence-electron chi connectivity index (χ0n) is 44.8. The van der Waals surface area contributed by atoms with E-state index in [4.69, 9.17) is 33.2 Å². The Morgan fingerprint density at radius 2 is 1.72 bits per heavy atom. The number of phosphoric ester groups is 1. The van der Waals surface area contributed by atoms with Crippen LogP contribution in [-0.4, -0.2) is 164 Å². The standard InChI is InChI=1S/C50H82N4O18P2/c1-29(20-22-51)16-14-17-30(2)32(4)24-33(5)42(57)35(7)38(55)25-41(67-13)45-46(71-74(64,65)72-73(61,62)63)49(8,9)50(70-45)26-39(56)34(6)40(69-50)19-15-18-36-27-68-48(53-36)31(3)21-23-52-47(60)44(59)43(58)37(28-66-12)54(10)11/h14-18,20,24,27,31,33-35,37-46,55-59H,19,21,23,25-26,28H2,1-13H3,(H,52,60)(H,64,65)(H2,61,62,63). The molecule has 3 heterocycles. The van der Waals surface area contributed by atoms with Gasteiger partial charge in [0.25, 0.3) is 5.91 Å². The van der Waals surface area contributed by atoms with Gasteiger partial charge in [0.2, 0.25) is 0 Å². The van der Waals surface area contributed by atoms with Crippen LogP contribution in [0.1, 0.15) is 105 Å². The van der Waals surface area contributed by atoms with Crippen LogP contribution in [0, 0.1) is 34.5 Å². The molecule has 3 rings (SSSR count). The maximum atomic E-state index is 13.3. The van der Waals surface area contributed by atoms with Crippen LogP contribution < -0.4 is 5.32 Å². The fraction of sp³-hybridized carbons (Fsp3) is 0.700. The van der Waals surface area contributed by atoms with E-state index in [1.807, 2.05) is 45.1 Å². The van der Waals surface area contributed by atoms with Crippen molar-refractivity contribution < 1.29 is 86.3 Å². The average Bonchev–Trinajstić information content (AvgIpc) is 3.86. The molecule has 22 nitrogen and oxygen atoms in total. The van der Waals surface area contributed by atoms with E-state index in [2.05, 4.69) is 14.6 Å². The summed E-state index contributed by atoms with van der Waals surface area (Å²) in [6.45, 7) is 16.1. The van der Waals surface area contributed by atoms with Crippen LogP contribution in [0.5, 0.6) is 0 Å². The molecular formula is C50H82N4O18P2. The first-order valence-corrected chi connectivity index (χ1v) is 27.6. The Balaban J connectivity index is 1.82. The molecule has 0 aliphatic carbocycles. The average molecular weight is 1090 g/mol. The number of carbonyl (C=O) groups is 1. The van der Waals surface area contributed by atoms with Gasteiger partial charge in [0.05, 0.1) is 49.2 Å². The van der Waals surface area contributed by atoms with Crippen LogP contribution in [0.3, 0.4) is 0 Å². The van der Waals surface area contributed by atoms with Gasteiger partial charge >= 0.3 is 15.6 Å². The van der Waals surface area contributed by atoms with Crippen LogP contribution in [0.2, 0.25) is 0 Å². The van der Waals surface area contributed by atoms with Gasteiger partial charge in [0.15, 0.2) is 17.8 Å².